The van der Waals surface area contributed by atoms with Crippen LogP contribution in [0, 0.1) is 6.92 Å². The molecule has 92 valence electrons. The van der Waals surface area contributed by atoms with Crippen LogP contribution in [0.15, 0.2) is 16.5 Å². The summed E-state index contributed by atoms with van der Waals surface area (Å²) < 4.78 is 11.3. The second-order valence-electron chi connectivity index (χ2n) is 4.23. The molecule has 0 spiro atoms. The summed E-state index contributed by atoms with van der Waals surface area (Å²) in [4.78, 5) is 0. The maximum absolute atomic E-state index is 5.92. The van der Waals surface area contributed by atoms with Gasteiger partial charge in [-0.3, -0.25) is 0 Å². The van der Waals surface area contributed by atoms with E-state index in [9.17, 15) is 0 Å². The van der Waals surface area contributed by atoms with Gasteiger partial charge in [-0.25, -0.2) is 0 Å². The van der Waals surface area contributed by atoms with Gasteiger partial charge in [0.25, 0.3) is 0 Å². The molecule has 0 bridgehead atoms. The van der Waals surface area contributed by atoms with Gasteiger partial charge in [0.1, 0.15) is 5.76 Å². The molecule has 2 rings (SSSR count). The second-order valence-corrected chi connectivity index (χ2v) is 4.23. The number of rotatable bonds is 4. The molecule has 0 fully saturated rings. The van der Waals surface area contributed by atoms with E-state index in [1.807, 2.05) is 13.1 Å². The van der Waals surface area contributed by atoms with E-state index in [2.05, 4.69) is 25.2 Å². The lowest BCUT2D eigenvalue weighted by Gasteiger charge is -2.02. The second kappa shape index (κ2) is 4.80. The Labute approximate surface area is 102 Å². The highest BCUT2D eigenvalue weighted by Gasteiger charge is 2.15. The highest BCUT2D eigenvalue weighted by atomic mass is 16.5. The van der Waals surface area contributed by atoms with Gasteiger partial charge in [-0.1, -0.05) is 6.92 Å². The molecule has 1 aromatic heterocycles. The third-order valence-corrected chi connectivity index (χ3v) is 3.00. The van der Waals surface area contributed by atoms with Gasteiger partial charge in [-0.15, -0.1) is 0 Å². The van der Waals surface area contributed by atoms with Crippen LogP contribution in [0.25, 0.3) is 11.0 Å². The molecule has 1 N–H and O–H groups in total. The number of nitrogens with one attached hydrogen (secondary N) is 1. The normalized spacial score (nSPS) is 11.1. The third-order valence-electron chi connectivity index (χ3n) is 3.00. The summed E-state index contributed by atoms with van der Waals surface area (Å²) in [5, 5.41) is 4.31. The SMILES string of the molecule is CCc1c(CNC)oc2c(OC)cc(C)cc12. The van der Waals surface area contributed by atoms with Crippen LogP contribution >= 0.6 is 0 Å². The lowest BCUT2D eigenvalue weighted by Crippen LogP contribution is -2.05. The lowest BCUT2D eigenvalue weighted by atomic mass is 10.1. The van der Waals surface area contributed by atoms with Crippen LogP contribution in [0.3, 0.4) is 0 Å². The lowest BCUT2D eigenvalue weighted by molar-refractivity contribution is 0.406. The summed E-state index contributed by atoms with van der Waals surface area (Å²) in [6.07, 6.45) is 0.969. The number of fused-ring (bicyclic) bond motifs is 1. The largest absolute Gasteiger partial charge is 0.493 e. The fourth-order valence-electron chi connectivity index (χ4n) is 2.25. The Bertz CT molecular complexity index is 528. The molecule has 0 atom stereocenters. The Morgan fingerprint density at radius 3 is 2.71 bits per heavy atom. The molecule has 17 heavy (non-hydrogen) atoms. The quantitative estimate of drug-likeness (QED) is 0.881. The van der Waals surface area contributed by atoms with Crippen molar-refractivity contribution in [3.8, 4) is 5.75 Å². The predicted octanol–water partition coefficient (Wildman–Crippen LogP) is 3.03. The topological polar surface area (TPSA) is 34.4 Å². The molecule has 1 aromatic carbocycles. The zero-order valence-electron chi connectivity index (χ0n) is 10.9. The minimum atomic E-state index is 0.750. The molecule has 0 aliphatic carbocycles. The van der Waals surface area contributed by atoms with Crippen molar-refractivity contribution in [2.75, 3.05) is 14.2 Å². The first-order valence-electron chi connectivity index (χ1n) is 5.94. The van der Waals surface area contributed by atoms with E-state index in [0.29, 0.717) is 0 Å². The highest BCUT2D eigenvalue weighted by molar-refractivity contribution is 5.88. The van der Waals surface area contributed by atoms with Crippen LogP contribution in [0.2, 0.25) is 0 Å². The first-order valence-corrected chi connectivity index (χ1v) is 5.94. The van der Waals surface area contributed by atoms with E-state index >= 15 is 0 Å². The zero-order chi connectivity index (χ0) is 12.4. The summed E-state index contributed by atoms with van der Waals surface area (Å²) in [7, 11) is 3.61. The van der Waals surface area contributed by atoms with E-state index in [-0.39, 0.29) is 0 Å². The smallest absolute Gasteiger partial charge is 0.176 e. The molecule has 0 saturated carbocycles. The van der Waals surface area contributed by atoms with Crippen LogP contribution in [0.1, 0.15) is 23.8 Å². The molecule has 2 aromatic rings. The van der Waals surface area contributed by atoms with E-state index in [1.165, 1.54) is 16.5 Å². The number of hydrogen-bond donors (Lipinski definition) is 1. The fraction of sp³-hybridized carbons (Fsp3) is 0.429. The molecule has 0 unspecified atom stereocenters. The van der Waals surface area contributed by atoms with Crippen molar-refractivity contribution in [3.05, 3.63) is 29.0 Å². The van der Waals surface area contributed by atoms with Crippen molar-refractivity contribution in [2.24, 2.45) is 0 Å². The van der Waals surface area contributed by atoms with Crippen LogP contribution in [0.5, 0.6) is 5.75 Å². The minimum Gasteiger partial charge on any atom is -0.493 e. The molecule has 0 aliphatic rings. The zero-order valence-corrected chi connectivity index (χ0v) is 10.9. The van der Waals surface area contributed by atoms with Crippen molar-refractivity contribution in [1.29, 1.82) is 0 Å². The van der Waals surface area contributed by atoms with Crippen LogP contribution < -0.4 is 10.1 Å². The number of benzene rings is 1. The molecular weight excluding hydrogens is 214 g/mol. The monoisotopic (exact) mass is 233 g/mol. The Kier molecular flexibility index (Phi) is 3.38. The molecule has 0 amide bonds. The van der Waals surface area contributed by atoms with Gasteiger partial charge in [-0.2, -0.15) is 0 Å². The fourth-order valence-corrected chi connectivity index (χ4v) is 2.25. The van der Waals surface area contributed by atoms with E-state index < -0.39 is 0 Å². The first kappa shape index (κ1) is 12.0. The van der Waals surface area contributed by atoms with Crippen molar-refractivity contribution in [1.82, 2.24) is 5.32 Å². The van der Waals surface area contributed by atoms with Gasteiger partial charge in [0.2, 0.25) is 0 Å². The van der Waals surface area contributed by atoms with Crippen molar-refractivity contribution in [3.63, 3.8) is 0 Å². The third kappa shape index (κ3) is 2.03. The van der Waals surface area contributed by atoms with E-state index in [0.717, 1.165) is 30.1 Å². The summed E-state index contributed by atoms with van der Waals surface area (Å²) in [5.74, 6) is 1.82. The van der Waals surface area contributed by atoms with Crippen LogP contribution in [-0.4, -0.2) is 14.2 Å². The van der Waals surface area contributed by atoms with Gasteiger partial charge < -0.3 is 14.5 Å². The summed E-state index contributed by atoms with van der Waals surface area (Å²) in [6.45, 7) is 4.98. The van der Waals surface area contributed by atoms with Crippen LogP contribution in [0.4, 0.5) is 0 Å². The van der Waals surface area contributed by atoms with Crippen molar-refractivity contribution < 1.29 is 9.15 Å². The van der Waals surface area contributed by atoms with Gasteiger partial charge in [0.15, 0.2) is 11.3 Å². The van der Waals surface area contributed by atoms with Gasteiger partial charge in [0, 0.05) is 10.9 Å². The Morgan fingerprint density at radius 1 is 1.35 bits per heavy atom. The number of hydrogen-bond acceptors (Lipinski definition) is 3. The Hall–Kier alpha value is -1.48. The molecule has 0 radical (unpaired) electrons. The number of furan rings is 1. The maximum Gasteiger partial charge on any atom is 0.176 e. The first-order chi connectivity index (χ1) is 8.21. The van der Waals surface area contributed by atoms with Gasteiger partial charge in [-0.05, 0) is 38.1 Å². The Balaban J connectivity index is 2.71. The minimum absolute atomic E-state index is 0.750. The average molecular weight is 233 g/mol. The van der Waals surface area contributed by atoms with Crippen molar-refractivity contribution in [2.45, 2.75) is 26.8 Å². The van der Waals surface area contributed by atoms with E-state index in [4.69, 9.17) is 9.15 Å². The number of methoxy groups -OCH3 is 1. The Morgan fingerprint density at radius 2 is 2.12 bits per heavy atom. The number of ether oxygens (including phenoxy) is 1. The molecular formula is C14H19NO2. The van der Waals surface area contributed by atoms with E-state index in [1.54, 1.807) is 7.11 Å². The average Bonchev–Trinajstić information content (AvgIpc) is 2.66. The molecule has 0 saturated heterocycles. The van der Waals surface area contributed by atoms with Crippen LogP contribution in [-0.2, 0) is 13.0 Å². The predicted molar refractivity (Wildman–Crippen MR) is 69.6 cm³/mol. The summed E-state index contributed by atoms with van der Waals surface area (Å²) >= 11 is 0. The molecule has 1 heterocycles. The summed E-state index contributed by atoms with van der Waals surface area (Å²) in [5.41, 5.74) is 3.33. The molecule has 0 aliphatic heterocycles. The van der Waals surface area contributed by atoms with Gasteiger partial charge in [0.05, 0.1) is 13.7 Å². The highest BCUT2D eigenvalue weighted by Crippen LogP contribution is 2.34. The molecule has 3 nitrogen and oxygen atoms in total. The maximum atomic E-state index is 5.92. The molecule has 3 heteroatoms. The summed E-state index contributed by atoms with van der Waals surface area (Å²) in [6, 6.07) is 4.17. The standard InChI is InChI=1S/C14H19NO2/c1-5-10-11-6-9(2)7-12(16-4)14(11)17-13(10)8-15-3/h6-7,15H,5,8H2,1-4H3. The van der Waals surface area contributed by atoms with Crippen molar-refractivity contribution >= 4 is 11.0 Å². The number of aryl methyl sites for hydroxylation is 2. The van der Waals surface area contributed by atoms with Gasteiger partial charge >= 0.3 is 0 Å².